The van der Waals surface area contributed by atoms with Gasteiger partial charge < -0.3 is 14.7 Å². The molecule has 0 atom stereocenters. The van der Waals surface area contributed by atoms with Gasteiger partial charge in [-0.25, -0.2) is 14.4 Å². The maximum atomic E-state index is 13.2. The molecule has 0 unspecified atom stereocenters. The molecule has 3 aromatic rings. The van der Waals surface area contributed by atoms with Gasteiger partial charge in [-0.2, -0.15) is 0 Å². The van der Waals surface area contributed by atoms with Gasteiger partial charge in [0.25, 0.3) is 0 Å². The Morgan fingerprint density at radius 2 is 1.56 bits per heavy atom. The van der Waals surface area contributed by atoms with Gasteiger partial charge in [-0.05, 0) is 30.3 Å². The highest BCUT2D eigenvalue weighted by Gasteiger charge is 2.24. The molecular formula is C18H21FN8. The van der Waals surface area contributed by atoms with Crippen LogP contribution >= 0.6 is 0 Å². The van der Waals surface area contributed by atoms with E-state index in [0.29, 0.717) is 5.95 Å². The smallest absolute Gasteiger partial charge is 0.232 e. The van der Waals surface area contributed by atoms with Gasteiger partial charge in [0.1, 0.15) is 5.82 Å². The lowest BCUT2D eigenvalue weighted by Gasteiger charge is -2.35. The number of rotatable bonds is 4. The number of piperazine rings is 1. The minimum Gasteiger partial charge on any atom is -0.337 e. The molecule has 0 spiro atoms. The highest BCUT2D eigenvalue weighted by atomic mass is 19.1. The molecule has 0 radical (unpaired) electrons. The lowest BCUT2D eigenvalue weighted by molar-refractivity contribution is 0.618. The lowest BCUT2D eigenvalue weighted by Crippen LogP contribution is -2.48. The Morgan fingerprint density at radius 3 is 2.22 bits per heavy atom. The fraction of sp³-hybridized carbons (Fsp3) is 0.333. The second-order valence-electron chi connectivity index (χ2n) is 6.42. The van der Waals surface area contributed by atoms with Crippen molar-refractivity contribution in [1.29, 1.82) is 0 Å². The van der Waals surface area contributed by atoms with Crippen LogP contribution < -0.4 is 14.7 Å². The maximum absolute atomic E-state index is 13.2. The van der Waals surface area contributed by atoms with Gasteiger partial charge in [0.2, 0.25) is 17.8 Å². The van der Waals surface area contributed by atoms with Crippen molar-refractivity contribution in [3.8, 4) is 0 Å². The van der Waals surface area contributed by atoms with E-state index in [2.05, 4.69) is 30.0 Å². The van der Waals surface area contributed by atoms with E-state index >= 15 is 0 Å². The molecule has 0 saturated carbocycles. The Labute approximate surface area is 156 Å². The van der Waals surface area contributed by atoms with E-state index < -0.39 is 0 Å². The zero-order chi connectivity index (χ0) is 18.8. The van der Waals surface area contributed by atoms with Gasteiger partial charge in [-0.1, -0.05) is 0 Å². The number of benzene rings is 1. The first-order chi connectivity index (χ1) is 13.1. The molecule has 1 aromatic carbocycles. The molecule has 0 aliphatic carbocycles. The molecule has 0 bridgehead atoms. The first-order valence-corrected chi connectivity index (χ1v) is 8.79. The minimum atomic E-state index is -0.258. The number of hydrogen-bond acceptors (Lipinski definition) is 7. The molecule has 0 N–H and O–H groups in total. The van der Waals surface area contributed by atoms with Gasteiger partial charge in [0.15, 0.2) is 0 Å². The lowest BCUT2D eigenvalue weighted by atomic mass is 10.3. The molecule has 0 amide bonds. The third-order valence-corrected chi connectivity index (χ3v) is 4.74. The summed E-state index contributed by atoms with van der Waals surface area (Å²) in [7, 11) is 3.84. The number of anilines is 4. The van der Waals surface area contributed by atoms with Crippen LogP contribution in [0.3, 0.4) is 0 Å². The Hall–Kier alpha value is -3.23. The van der Waals surface area contributed by atoms with Crippen molar-refractivity contribution in [1.82, 2.24) is 24.7 Å². The SMILES string of the molecule is CN(c1ccc(F)cc1)c1nnc(N2CCN(c3ncccn3)CC2)n1C. The van der Waals surface area contributed by atoms with Crippen LogP contribution in [0.15, 0.2) is 42.7 Å². The van der Waals surface area contributed by atoms with Crippen LogP contribution in [0, 0.1) is 5.82 Å². The molecule has 3 heterocycles. The summed E-state index contributed by atoms with van der Waals surface area (Å²) in [6.07, 6.45) is 3.52. The minimum absolute atomic E-state index is 0.258. The largest absolute Gasteiger partial charge is 0.337 e. The average molecular weight is 368 g/mol. The summed E-state index contributed by atoms with van der Waals surface area (Å²) in [6, 6.07) is 8.14. The Morgan fingerprint density at radius 1 is 0.926 bits per heavy atom. The van der Waals surface area contributed by atoms with E-state index in [4.69, 9.17) is 0 Å². The Bertz CT molecular complexity index is 887. The first kappa shape index (κ1) is 17.2. The predicted octanol–water partition coefficient (Wildman–Crippen LogP) is 1.84. The quantitative estimate of drug-likeness (QED) is 0.696. The fourth-order valence-corrected chi connectivity index (χ4v) is 3.22. The molecule has 1 fully saturated rings. The van der Waals surface area contributed by atoms with Crippen molar-refractivity contribution in [2.24, 2.45) is 7.05 Å². The van der Waals surface area contributed by atoms with Gasteiger partial charge in [0, 0.05) is 58.4 Å². The molecule has 8 nitrogen and oxygen atoms in total. The highest BCUT2D eigenvalue weighted by Crippen LogP contribution is 2.25. The Kier molecular flexibility index (Phi) is 4.57. The summed E-state index contributed by atoms with van der Waals surface area (Å²) < 4.78 is 15.1. The zero-order valence-corrected chi connectivity index (χ0v) is 15.3. The van der Waals surface area contributed by atoms with E-state index in [0.717, 1.165) is 43.8 Å². The van der Waals surface area contributed by atoms with Gasteiger partial charge in [-0.15, -0.1) is 10.2 Å². The van der Waals surface area contributed by atoms with Crippen LogP contribution in [-0.2, 0) is 7.05 Å². The standard InChI is InChI=1S/C18H21FN8/c1-24(15-6-4-14(19)5-7-15)17-22-23-18(25(17)2)27-12-10-26(11-13-27)16-20-8-3-9-21-16/h3-9H,10-13H2,1-2H3. The molecular weight excluding hydrogens is 347 g/mol. The molecule has 1 aliphatic rings. The van der Waals surface area contributed by atoms with E-state index in [1.807, 2.05) is 29.6 Å². The summed E-state index contributed by atoms with van der Waals surface area (Å²) in [4.78, 5) is 14.9. The van der Waals surface area contributed by atoms with Crippen LogP contribution in [0.2, 0.25) is 0 Å². The number of hydrogen-bond donors (Lipinski definition) is 0. The molecule has 1 aliphatic heterocycles. The van der Waals surface area contributed by atoms with Crippen molar-refractivity contribution in [3.05, 3.63) is 48.5 Å². The van der Waals surface area contributed by atoms with Crippen molar-refractivity contribution < 1.29 is 4.39 Å². The average Bonchev–Trinajstić information content (AvgIpc) is 3.10. The monoisotopic (exact) mass is 368 g/mol. The van der Waals surface area contributed by atoms with Crippen molar-refractivity contribution in [2.45, 2.75) is 0 Å². The van der Waals surface area contributed by atoms with Gasteiger partial charge in [0.05, 0.1) is 0 Å². The first-order valence-electron chi connectivity index (χ1n) is 8.79. The van der Waals surface area contributed by atoms with Crippen LogP contribution in [-0.4, -0.2) is 58.0 Å². The van der Waals surface area contributed by atoms with Crippen LogP contribution in [0.4, 0.5) is 27.9 Å². The third kappa shape index (κ3) is 3.40. The summed E-state index contributed by atoms with van der Waals surface area (Å²) in [5.74, 6) is 2.01. The van der Waals surface area contributed by atoms with Crippen LogP contribution in [0.25, 0.3) is 0 Å². The number of aromatic nitrogens is 5. The summed E-state index contributed by atoms with van der Waals surface area (Å²) in [5.41, 5.74) is 0.851. The summed E-state index contributed by atoms with van der Waals surface area (Å²) in [6.45, 7) is 3.26. The molecule has 140 valence electrons. The fourth-order valence-electron chi connectivity index (χ4n) is 3.22. The van der Waals surface area contributed by atoms with Gasteiger partial charge >= 0.3 is 0 Å². The van der Waals surface area contributed by atoms with E-state index in [1.54, 1.807) is 24.5 Å². The predicted molar refractivity (Wildman–Crippen MR) is 102 cm³/mol. The summed E-state index contributed by atoms with van der Waals surface area (Å²) in [5, 5.41) is 8.71. The third-order valence-electron chi connectivity index (χ3n) is 4.74. The maximum Gasteiger partial charge on any atom is 0.232 e. The van der Waals surface area contributed by atoms with Gasteiger partial charge in [-0.3, -0.25) is 4.57 Å². The van der Waals surface area contributed by atoms with E-state index in [1.165, 1.54) is 12.1 Å². The van der Waals surface area contributed by atoms with Crippen LogP contribution in [0.5, 0.6) is 0 Å². The van der Waals surface area contributed by atoms with E-state index in [9.17, 15) is 4.39 Å². The van der Waals surface area contributed by atoms with Crippen molar-refractivity contribution >= 4 is 23.5 Å². The molecule has 1 saturated heterocycles. The molecule has 4 rings (SSSR count). The molecule has 9 heteroatoms. The normalized spacial score (nSPS) is 14.5. The van der Waals surface area contributed by atoms with Crippen LogP contribution in [0.1, 0.15) is 0 Å². The highest BCUT2D eigenvalue weighted by molar-refractivity contribution is 5.58. The second kappa shape index (κ2) is 7.18. The topological polar surface area (TPSA) is 66.2 Å². The Balaban J connectivity index is 1.47. The zero-order valence-electron chi connectivity index (χ0n) is 15.3. The van der Waals surface area contributed by atoms with Crippen molar-refractivity contribution in [3.63, 3.8) is 0 Å². The van der Waals surface area contributed by atoms with E-state index in [-0.39, 0.29) is 5.82 Å². The molecule has 27 heavy (non-hydrogen) atoms. The number of nitrogens with zero attached hydrogens (tertiary/aromatic N) is 8. The second-order valence-corrected chi connectivity index (χ2v) is 6.42. The molecule has 2 aromatic heterocycles. The van der Waals surface area contributed by atoms with Crippen molar-refractivity contribution in [2.75, 3.05) is 47.9 Å². The number of halogens is 1. The summed E-state index contributed by atoms with van der Waals surface area (Å²) >= 11 is 0.